The summed E-state index contributed by atoms with van der Waals surface area (Å²) in [7, 11) is 0.933. The van der Waals surface area contributed by atoms with E-state index in [0.29, 0.717) is 31.4 Å². The van der Waals surface area contributed by atoms with E-state index >= 15 is 0 Å². The Balaban J connectivity index is 1.64. The maximum absolute atomic E-state index is 14.6. The molecule has 2 fully saturated rings. The lowest BCUT2D eigenvalue weighted by Gasteiger charge is -2.50. The molecular weight excluding hydrogens is 457 g/mol. The minimum Gasteiger partial charge on any atom is -0.356 e. The number of hydrogen-bond donors (Lipinski definition) is 1. The molecule has 188 valence electrons. The first-order chi connectivity index (χ1) is 16.5. The van der Waals surface area contributed by atoms with E-state index in [4.69, 9.17) is 4.74 Å². The first-order valence-corrected chi connectivity index (χ1v) is 11.8. The zero-order chi connectivity index (χ0) is 25.4. The number of carbonyl (C=O) groups excluding carboxylic acids is 2. The fraction of sp³-hybridized carbons (Fsp3) is 0.481. The quantitative estimate of drug-likeness (QED) is 0.683. The molecule has 4 rings (SSSR count). The average Bonchev–Trinajstić information content (AvgIpc) is 2.82. The number of amides is 2. The van der Waals surface area contributed by atoms with Crippen molar-refractivity contribution in [2.45, 2.75) is 50.8 Å². The molecule has 0 aliphatic carbocycles. The van der Waals surface area contributed by atoms with Crippen molar-refractivity contribution in [1.82, 2.24) is 10.2 Å². The number of hydrogen-bond acceptors (Lipinski definition) is 3. The minimum absolute atomic E-state index is 0.0354. The fourth-order valence-electron chi connectivity index (χ4n) is 5.69. The van der Waals surface area contributed by atoms with Crippen molar-refractivity contribution in [1.29, 1.82) is 0 Å². The molecule has 0 unspecified atom stereocenters. The highest BCUT2D eigenvalue weighted by Crippen LogP contribution is 2.50. The van der Waals surface area contributed by atoms with Gasteiger partial charge in [-0.1, -0.05) is 48.5 Å². The number of halogens is 3. The van der Waals surface area contributed by atoms with Gasteiger partial charge < -0.3 is 15.0 Å². The second kappa shape index (κ2) is 9.30. The summed E-state index contributed by atoms with van der Waals surface area (Å²) in [5.41, 5.74) is -1.15. The third kappa shape index (κ3) is 4.33. The summed E-state index contributed by atoms with van der Waals surface area (Å²) in [6.45, 7) is 4.24. The van der Waals surface area contributed by atoms with Crippen LogP contribution in [0.25, 0.3) is 0 Å². The van der Waals surface area contributed by atoms with Crippen molar-refractivity contribution in [2.24, 2.45) is 5.41 Å². The van der Waals surface area contributed by atoms with Gasteiger partial charge in [-0.3, -0.25) is 9.59 Å². The van der Waals surface area contributed by atoms with Gasteiger partial charge in [-0.15, -0.1) is 0 Å². The topological polar surface area (TPSA) is 58.6 Å². The molecular formula is C27H31F3N2O3. The van der Waals surface area contributed by atoms with Gasteiger partial charge in [0.1, 0.15) is 0 Å². The standard InChI is InChI=1S/C27H31F3N2O3/c1-18-9-10-21(15-19(18)2)26(35-3,27(28,29)30)24(34)32-13-11-25(12-14-32)16-23(33)31-17-22(25)20-7-5-4-6-8-20/h4-10,15,22H,11-14,16-17H2,1-3H3,(H,31,33)/t22-,26-/m0/s1. The highest BCUT2D eigenvalue weighted by atomic mass is 19.4. The molecule has 2 saturated heterocycles. The SMILES string of the molecule is CO[C@](C(=O)N1CCC2(CC1)CC(=O)NC[C@H]2c1ccccc1)(c1ccc(C)c(C)c1)C(F)(F)F. The van der Waals surface area contributed by atoms with Gasteiger partial charge in [0.2, 0.25) is 5.91 Å². The number of aryl methyl sites for hydroxylation is 2. The molecule has 35 heavy (non-hydrogen) atoms. The van der Waals surface area contributed by atoms with E-state index in [9.17, 15) is 22.8 Å². The Morgan fingerprint density at radius 1 is 1.06 bits per heavy atom. The molecule has 0 aromatic heterocycles. The minimum atomic E-state index is -4.95. The van der Waals surface area contributed by atoms with Crippen LogP contribution in [0.2, 0.25) is 0 Å². The number of piperidine rings is 2. The van der Waals surface area contributed by atoms with Crippen LogP contribution in [0.1, 0.15) is 47.4 Å². The van der Waals surface area contributed by atoms with Gasteiger partial charge in [-0.05, 0) is 48.8 Å². The lowest BCUT2D eigenvalue weighted by Crippen LogP contribution is -2.60. The molecule has 1 N–H and O–H groups in total. The number of nitrogens with one attached hydrogen (secondary N) is 1. The molecule has 0 bridgehead atoms. The molecule has 2 aromatic rings. The third-order valence-electron chi connectivity index (χ3n) is 7.92. The molecule has 2 aliphatic heterocycles. The normalized spacial score (nSPS) is 21.9. The summed E-state index contributed by atoms with van der Waals surface area (Å²) in [4.78, 5) is 27.2. The number of carbonyl (C=O) groups is 2. The zero-order valence-electron chi connectivity index (χ0n) is 20.2. The maximum atomic E-state index is 14.6. The summed E-state index contributed by atoms with van der Waals surface area (Å²) < 4.78 is 48.7. The van der Waals surface area contributed by atoms with E-state index in [0.717, 1.165) is 18.2 Å². The van der Waals surface area contributed by atoms with Gasteiger partial charge in [0.25, 0.3) is 11.5 Å². The van der Waals surface area contributed by atoms with Crippen molar-refractivity contribution in [3.05, 3.63) is 70.8 Å². The Hall–Kier alpha value is -2.87. The van der Waals surface area contributed by atoms with Gasteiger partial charge in [-0.25, -0.2) is 0 Å². The Bertz CT molecular complexity index is 1090. The average molecular weight is 489 g/mol. The van der Waals surface area contributed by atoms with E-state index in [-0.39, 0.29) is 30.5 Å². The van der Waals surface area contributed by atoms with E-state index in [1.165, 1.54) is 17.0 Å². The van der Waals surface area contributed by atoms with Gasteiger partial charge >= 0.3 is 6.18 Å². The number of benzene rings is 2. The highest BCUT2D eigenvalue weighted by Gasteiger charge is 2.64. The highest BCUT2D eigenvalue weighted by molar-refractivity contribution is 5.88. The number of methoxy groups -OCH3 is 1. The summed E-state index contributed by atoms with van der Waals surface area (Å²) in [6.07, 6.45) is -3.78. The largest absolute Gasteiger partial charge is 0.430 e. The Morgan fingerprint density at radius 2 is 1.71 bits per heavy atom. The van der Waals surface area contributed by atoms with Crippen molar-refractivity contribution in [3.63, 3.8) is 0 Å². The van der Waals surface area contributed by atoms with E-state index < -0.39 is 23.1 Å². The van der Waals surface area contributed by atoms with Crippen LogP contribution in [0.3, 0.4) is 0 Å². The van der Waals surface area contributed by atoms with Crippen LogP contribution in [0.4, 0.5) is 13.2 Å². The zero-order valence-corrected chi connectivity index (χ0v) is 20.2. The van der Waals surface area contributed by atoms with Gasteiger partial charge in [0.05, 0.1) is 0 Å². The molecule has 0 radical (unpaired) electrons. The van der Waals surface area contributed by atoms with Gasteiger partial charge in [0, 0.05) is 44.6 Å². The molecule has 5 nitrogen and oxygen atoms in total. The number of ether oxygens (including phenoxy) is 1. The van der Waals surface area contributed by atoms with E-state index in [2.05, 4.69) is 5.32 Å². The molecule has 0 saturated carbocycles. The fourth-order valence-corrected chi connectivity index (χ4v) is 5.69. The van der Waals surface area contributed by atoms with Gasteiger partial charge in [0.15, 0.2) is 0 Å². The third-order valence-corrected chi connectivity index (χ3v) is 7.92. The number of likely N-dealkylation sites (tertiary alicyclic amines) is 1. The van der Waals surface area contributed by atoms with Crippen molar-refractivity contribution >= 4 is 11.8 Å². The Kier molecular flexibility index (Phi) is 6.70. The van der Waals surface area contributed by atoms with E-state index in [1.807, 2.05) is 30.3 Å². The molecule has 2 atom stereocenters. The van der Waals surface area contributed by atoms with Crippen LogP contribution in [-0.2, 0) is 19.9 Å². The van der Waals surface area contributed by atoms with Crippen LogP contribution in [-0.4, -0.2) is 49.6 Å². The van der Waals surface area contributed by atoms with Gasteiger partial charge in [-0.2, -0.15) is 13.2 Å². The predicted molar refractivity (Wildman–Crippen MR) is 126 cm³/mol. The number of nitrogens with zero attached hydrogens (tertiary/aromatic N) is 1. The second-order valence-electron chi connectivity index (χ2n) is 9.78. The van der Waals surface area contributed by atoms with Crippen LogP contribution < -0.4 is 5.32 Å². The number of rotatable bonds is 4. The Labute approximate surface area is 203 Å². The molecule has 2 amide bonds. The van der Waals surface area contributed by atoms with Crippen LogP contribution >= 0.6 is 0 Å². The summed E-state index contributed by atoms with van der Waals surface area (Å²) in [5.74, 6) is -1.14. The summed E-state index contributed by atoms with van der Waals surface area (Å²) in [5, 5.41) is 2.93. The maximum Gasteiger partial charge on any atom is 0.430 e. The van der Waals surface area contributed by atoms with Crippen molar-refractivity contribution in [3.8, 4) is 0 Å². The van der Waals surface area contributed by atoms with Crippen LogP contribution in [0.15, 0.2) is 48.5 Å². The molecule has 2 aromatic carbocycles. The molecule has 2 aliphatic rings. The molecule has 8 heteroatoms. The predicted octanol–water partition coefficient (Wildman–Crippen LogP) is 4.62. The number of alkyl halides is 3. The van der Waals surface area contributed by atoms with Crippen LogP contribution in [0, 0.1) is 19.3 Å². The smallest absolute Gasteiger partial charge is 0.356 e. The second-order valence-corrected chi connectivity index (χ2v) is 9.78. The van der Waals surface area contributed by atoms with Crippen molar-refractivity contribution in [2.75, 3.05) is 26.7 Å². The van der Waals surface area contributed by atoms with Crippen molar-refractivity contribution < 1.29 is 27.5 Å². The first-order valence-electron chi connectivity index (χ1n) is 11.8. The molecule has 2 heterocycles. The first kappa shape index (κ1) is 25.2. The summed E-state index contributed by atoms with van der Waals surface area (Å²) in [6, 6.07) is 14.1. The van der Waals surface area contributed by atoms with Crippen LogP contribution in [0.5, 0.6) is 0 Å². The molecule has 1 spiro atoms. The summed E-state index contributed by atoms with van der Waals surface area (Å²) >= 11 is 0. The lowest BCUT2D eigenvalue weighted by atomic mass is 9.62. The monoisotopic (exact) mass is 488 g/mol. The lowest BCUT2D eigenvalue weighted by molar-refractivity contribution is -0.271. The Morgan fingerprint density at radius 3 is 2.29 bits per heavy atom. The van der Waals surface area contributed by atoms with E-state index in [1.54, 1.807) is 19.9 Å².